The second-order valence-corrected chi connectivity index (χ2v) is 5.01. The first-order chi connectivity index (χ1) is 10.6. The van der Waals surface area contributed by atoms with E-state index < -0.39 is 0 Å². The predicted molar refractivity (Wildman–Crippen MR) is 81.2 cm³/mol. The van der Waals surface area contributed by atoms with E-state index >= 15 is 0 Å². The molecule has 0 aliphatic carbocycles. The summed E-state index contributed by atoms with van der Waals surface area (Å²) in [5.41, 5.74) is 2.84. The Morgan fingerprint density at radius 3 is 2.59 bits per heavy atom. The Morgan fingerprint density at radius 2 is 1.95 bits per heavy atom. The molecule has 0 bridgehead atoms. The molecule has 3 aromatic rings. The van der Waals surface area contributed by atoms with Crippen LogP contribution in [0.15, 0.2) is 48.7 Å². The van der Waals surface area contributed by atoms with Crippen LogP contribution in [0.4, 0.5) is 4.39 Å². The molecule has 0 saturated carbocycles. The van der Waals surface area contributed by atoms with Crippen molar-refractivity contribution in [2.24, 2.45) is 0 Å². The normalized spacial score (nSPS) is 10.6. The number of nitrogens with zero attached hydrogens (tertiary/aromatic N) is 1. The third-order valence-corrected chi connectivity index (χ3v) is 3.45. The molecular formula is C17H15FN2O2. The molecule has 0 aliphatic heterocycles. The van der Waals surface area contributed by atoms with Gasteiger partial charge in [0.1, 0.15) is 23.9 Å². The van der Waals surface area contributed by atoms with Gasteiger partial charge in [-0.1, -0.05) is 0 Å². The maximum Gasteiger partial charge on any atom is 0.130 e. The number of phenolic OH excluding ortho intramolecular Hbond substituents is 1. The van der Waals surface area contributed by atoms with Crippen LogP contribution in [0.25, 0.3) is 11.3 Å². The first-order valence-corrected chi connectivity index (χ1v) is 6.84. The third-order valence-electron chi connectivity index (χ3n) is 3.45. The van der Waals surface area contributed by atoms with Gasteiger partial charge in [-0.05, 0) is 55.0 Å². The second kappa shape index (κ2) is 5.89. The van der Waals surface area contributed by atoms with E-state index in [0.717, 1.165) is 16.8 Å². The summed E-state index contributed by atoms with van der Waals surface area (Å²) in [6.07, 6.45) is 1.63. The van der Waals surface area contributed by atoms with Crippen LogP contribution in [0, 0.1) is 12.7 Å². The van der Waals surface area contributed by atoms with Crippen molar-refractivity contribution in [1.82, 2.24) is 10.2 Å². The molecule has 1 aromatic heterocycles. The zero-order valence-electron chi connectivity index (χ0n) is 12.0. The summed E-state index contributed by atoms with van der Waals surface area (Å²) in [6.45, 7) is 1.98. The molecule has 4 nitrogen and oxygen atoms in total. The lowest BCUT2D eigenvalue weighted by molar-refractivity contribution is 0.298. The van der Waals surface area contributed by atoms with Crippen LogP contribution in [0.3, 0.4) is 0 Å². The number of phenols is 1. The van der Waals surface area contributed by atoms with Crippen LogP contribution >= 0.6 is 0 Å². The minimum Gasteiger partial charge on any atom is -0.508 e. The predicted octanol–water partition coefficient (Wildman–Crippen LogP) is 3.81. The number of rotatable bonds is 4. The summed E-state index contributed by atoms with van der Waals surface area (Å²) in [5, 5.41) is 15.9. The Kier molecular flexibility index (Phi) is 3.78. The molecule has 2 aromatic carbocycles. The zero-order chi connectivity index (χ0) is 15.5. The molecule has 22 heavy (non-hydrogen) atoms. The summed E-state index contributed by atoms with van der Waals surface area (Å²) < 4.78 is 19.9. The van der Waals surface area contributed by atoms with E-state index in [1.165, 1.54) is 18.2 Å². The van der Waals surface area contributed by atoms with Gasteiger partial charge in [0.25, 0.3) is 0 Å². The Morgan fingerprint density at radius 1 is 1.18 bits per heavy atom. The van der Waals surface area contributed by atoms with Crippen molar-refractivity contribution in [2.45, 2.75) is 13.5 Å². The summed E-state index contributed by atoms with van der Waals surface area (Å²) in [6, 6.07) is 11.5. The number of aromatic amines is 1. The van der Waals surface area contributed by atoms with Gasteiger partial charge in [0.15, 0.2) is 0 Å². The van der Waals surface area contributed by atoms with E-state index in [4.69, 9.17) is 4.74 Å². The van der Waals surface area contributed by atoms with Crippen molar-refractivity contribution in [3.8, 4) is 22.8 Å². The zero-order valence-corrected chi connectivity index (χ0v) is 12.0. The molecule has 0 amide bonds. The highest BCUT2D eigenvalue weighted by molar-refractivity contribution is 5.60. The number of hydrogen-bond acceptors (Lipinski definition) is 3. The third kappa shape index (κ3) is 2.93. The first-order valence-electron chi connectivity index (χ1n) is 6.84. The lowest BCUT2D eigenvalue weighted by Gasteiger charge is -2.11. The summed E-state index contributed by atoms with van der Waals surface area (Å²) in [7, 11) is 0. The fourth-order valence-corrected chi connectivity index (χ4v) is 2.23. The molecule has 0 saturated heterocycles. The van der Waals surface area contributed by atoms with Crippen molar-refractivity contribution in [3.05, 3.63) is 65.6 Å². The van der Waals surface area contributed by atoms with Crippen molar-refractivity contribution >= 4 is 0 Å². The standard InChI is InChI=1S/C17H15FN2O2/c1-11-8-12(17-6-7-19-20-17)9-16(18)15(11)10-22-14-4-2-13(21)3-5-14/h2-9,21H,10H2,1H3,(H,19,20). The molecule has 1 heterocycles. The fraction of sp³-hybridized carbons (Fsp3) is 0.118. The SMILES string of the molecule is Cc1cc(-c2ccn[nH]2)cc(F)c1COc1ccc(O)cc1. The Labute approximate surface area is 127 Å². The molecule has 0 atom stereocenters. The van der Waals surface area contributed by atoms with Gasteiger partial charge < -0.3 is 9.84 Å². The maximum atomic E-state index is 14.3. The van der Waals surface area contributed by atoms with Gasteiger partial charge in [-0.3, -0.25) is 5.10 Å². The van der Waals surface area contributed by atoms with Gasteiger partial charge in [0, 0.05) is 17.3 Å². The van der Waals surface area contributed by atoms with Gasteiger partial charge in [-0.2, -0.15) is 5.10 Å². The number of benzene rings is 2. The number of halogens is 1. The van der Waals surface area contributed by atoms with Crippen molar-refractivity contribution in [1.29, 1.82) is 0 Å². The van der Waals surface area contributed by atoms with Gasteiger partial charge in [-0.15, -0.1) is 0 Å². The monoisotopic (exact) mass is 298 g/mol. The number of aromatic nitrogens is 2. The molecule has 0 radical (unpaired) electrons. The Hall–Kier alpha value is -2.82. The van der Waals surface area contributed by atoms with E-state index in [1.807, 2.05) is 13.0 Å². The maximum absolute atomic E-state index is 14.3. The molecule has 112 valence electrons. The number of ether oxygens (including phenoxy) is 1. The molecule has 0 spiro atoms. The number of aryl methyl sites for hydroxylation is 1. The molecule has 0 fully saturated rings. The lowest BCUT2D eigenvalue weighted by atomic mass is 10.0. The molecular weight excluding hydrogens is 283 g/mol. The molecule has 0 aliphatic rings. The number of H-pyrrole nitrogens is 1. The summed E-state index contributed by atoms with van der Waals surface area (Å²) in [5.74, 6) is 0.427. The topological polar surface area (TPSA) is 58.1 Å². The quantitative estimate of drug-likeness (QED) is 0.770. The van der Waals surface area contributed by atoms with E-state index in [0.29, 0.717) is 11.3 Å². The van der Waals surface area contributed by atoms with Crippen LogP contribution in [0.5, 0.6) is 11.5 Å². The number of aromatic hydroxyl groups is 1. The van der Waals surface area contributed by atoms with E-state index in [1.54, 1.807) is 24.4 Å². The highest BCUT2D eigenvalue weighted by Gasteiger charge is 2.11. The van der Waals surface area contributed by atoms with Gasteiger partial charge in [0.2, 0.25) is 0 Å². The highest BCUT2D eigenvalue weighted by Crippen LogP contribution is 2.25. The largest absolute Gasteiger partial charge is 0.508 e. The summed E-state index contributed by atoms with van der Waals surface area (Å²) >= 11 is 0. The minimum atomic E-state index is -0.316. The van der Waals surface area contributed by atoms with E-state index in [-0.39, 0.29) is 18.2 Å². The van der Waals surface area contributed by atoms with Crippen LogP contribution in [-0.4, -0.2) is 15.3 Å². The average Bonchev–Trinajstić information content (AvgIpc) is 3.02. The summed E-state index contributed by atoms with van der Waals surface area (Å²) in [4.78, 5) is 0. The lowest BCUT2D eigenvalue weighted by Crippen LogP contribution is -2.02. The van der Waals surface area contributed by atoms with Crippen molar-refractivity contribution in [3.63, 3.8) is 0 Å². The van der Waals surface area contributed by atoms with Gasteiger partial charge in [0.05, 0.1) is 5.69 Å². The molecule has 5 heteroatoms. The average molecular weight is 298 g/mol. The highest BCUT2D eigenvalue weighted by atomic mass is 19.1. The molecule has 0 unspecified atom stereocenters. The second-order valence-electron chi connectivity index (χ2n) is 5.01. The van der Waals surface area contributed by atoms with Gasteiger partial charge >= 0.3 is 0 Å². The number of nitrogens with one attached hydrogen (secondary N) is 1. The van der Waals surface area contributed by atoms with Crippen LogP contribution in [-0.2, 0) is 6.61 Å². The number of hydrogen-bond donors (Lipinski definition) is 2. The van der Waals surface area contributed by atoms with Crippen LogP contribution < -0.4 is 4.74 Å². The molecule has 3 rings (SSSR count). The smallest absolute Gasteiger partial charge is 0.130 e. The molecule has 2 N–H and O–H groups in total. The van der Waals surface area contributed by atoms with Crippen LogP contribution in [0.2, 0.25) is 0 Å². The van der Waals surface area contributed by atoms with Gasteiger partial charge in [-0.25, -0.2) is 4.39 Å². The minimum absolute atomic E-state index is 0.131. The van der Waals surface area contributed by atoms with E-state index in [9.17, 15) is 9.50 Å². The van der Waals surface area contributed by atoms with Crippen molar-refractivity contribution < 1.29 is 14.2 Å². The van der Waals surface area contributed by atoms with Crippen molar-refractivity contribution in [2.75, 3.05) is 0 Å². The van der Waals surface area contributed by atoms with Crippen LogP contribution in [0.1, 0.15) is 11.1 Å². The first kappa shape index (κ1) is 14.1. The van der Waals surface area contributed by atoms with E-state index in [2.05, 4.69) is 10.2 Å². The fourth-order valence-electron chi connectivity index (χ4n) is 2.23. The Bertz CT molecular complexity index is 745. The Balaban J connectivity index is 1.80.